The minimum atomic E-state index is -1.32. The summed E-state index contributed by atoms with van der Waals surface area (Å²) in [5.41, 5.74) is -4.42. The molecule has 0 unspecified atom stereocenters. The normalized spacial score (nSPS) is 19.8. The highest BCUT2D eigenvalue weighted by Crippen LogP contribution is 2.55. The Morgan fingerprint density at radius 1 is 0.364 bits per heavy atom. The van der Waals surface area contributed by atoms with E-state index in [9.17, 15) is 19.8 Å². The van der Waals surface area contributed by atoms with E-state index in [1.165, 1.54) is 167 Å². The molecular weight excluding hydrogens is 821 g/mol. The van der Waals surface area contributed by atoms with Crippen LogP contribution in [0.5, 0.6) is 0 Å². The maximum absolute atomic E-state index is 12.7. The summed E-state index contributed by atoms with van der Waals surface area (Å²) in [4.78, 5) is 30.2. The predicted octanol–water partition coefficient (Wildman–Crippen LogP) is 15.4. The summed E-state index contributed by atoms with van der Waals surface area (Å²) in [7, 11) is 0. The first kappa shape index (κ1) is 60.9. The van der Waals surface area contributed by atoms with Gasteiger partial charge >= 0.3 is 11.9 Å². The first-order valence-electron chi connectivity index (χ1n) is 28.6. The van der Waals surface area contributed by atoms with E-state index in [1.807, 2.05) is 0 Å². The molecule has 0 saturated carbocycles. The van der Waals surface area contributed by atoms with E-state index in [4.69, 9.17) is 9.47 Å². The highest BCUT2D eigenvalue weighted by Gasteiger charge is 2.64. The molecule has 2 rings (SSSR count). The van der Waals surface area contributed by atoms with Gasteiger partial charge in [0, 0.05) is 48.1 Å². The molecule has 66 heavy (non-hydrogen) atoms. The number of nitrogens with zero attached hydrogens (tertiary/aromatic N) is 2. The molecule has 2 saturated heterocycles. The Bertz CT molecular complexity index is 1150. The number of carbonyl (C=O) groups excluding carboxylic acids is 2. The predicted molar refractivity (Wildman–Crippen MR) is 279 cm³/mol. The Hall–Kier alpha value is -1.22. The highest BCUT2D eigenvalue weighted by atomic mass is 16.5. The van der Waals surface area contributed by atoms with Gasteiger partial charge in [-0.25, -0.2) is 0 Å². The SMILES string of the molecule is CCCCCCCCCCCCCCCCCC(=O)OCCN1C(C)(C)CC(O)(C2(O)CC(C)(C)N(CCOC(=O)CCCCCCCCCCCCCCCCC)C(C)(C)C2)CC1(C)C. The standard InChI is InChI=1S/C58H112N2O6/c1-11-13-15-17-19-21-23-25-27-29-31-33-35-37-39-41-51(61)65-45-43-59-53(3,4)47-57(63,48-54(59,5)6)58(64)49-55(7,8)60(56(9,10)50-58)44-46-66-52(62)42-40-38-36-34-32-30-28-26-24-22-20-18-16-14-12-2/h63-64H,11-50H2,1-10H3. The van der Waals surface area contributed by atoms with Gasteiger partial charge in [0.15, 0.2) is 0 Å². The van der Waals surface area contributed by atoms with Crippen molar-refractivity contribution in [2.24, 2.45) is 0 Å². The number of hydrogen-bond donors (Lipinski definition) is 2. The fraction of sp³-hybridized carbons (Fsp3) is 0.966. The molecule has 0 aliphatic carbocycles. The van der Waals surface area contributed by atoms with E-state index in [0.29, 0.717) is 64.8 Å². The fourth-order valence-electron chi connectivity index (χ4n) is 12.8. The first-order chi connectivity index (χ1) is 31.3. The fourth-order valence-corrected chi connectivity index (χ4v) is 12.8. The van der Waals surface area contributed by atoms with Crippen LogP contribution in [0, 0.1) is 0 Å². The molecule has 2 aliphatic rings. The van der Waals surface area contributed by atoms with Crippen molar-refractivity contribution in [3.8, 4) is 0 Å². The third-order valence-corrected chi connectivity index (χ3v) is 15.8. The Morgan fingerprint density at radius 2 is 0.561 bits per heavy atom. The van der Waals surface area contributed by atoms with Gasteiger partial charge in [-0.2, -0.15) is 0 Å². The van der Waals surface area contributed by atoms with Gasteiger partial charge in [-0.15, -0.1) is 0 Å². The maximum atomic E-state index is 12.7. The van der Waals surface area contributed by atoms with Crippen molar-refractivity contribution >= 4 is 11.9 Å². The molecule has 2 N–H and O–H groups in total. The van der Waals surface area contributed by atoms with Crippen LogP contribution < -0.4 is 0 Å². The molecule has 2 fully saturated rings. The van der Waals surface area contributed by atoms with Crippen molar-refractivity contribution in [1.29, 1.82) is 0 Å². The van der Waals surface area contributed by atoms with Gasteiger partial charge in [0.1, 0.15) is 13.2 Å². The Morgan fingerprint density at radius 3 is 0.773 bits per heavy atom. The lowest BCUT2D eigenvalue weighted by Crippen LogP contribution is -2.76. The topological polar surface area (TPSA) is 99.5 Å². The van der Waals surface area contributed by atoms with Crippen LogP contribution >= 0.6 is 0 Å². The van der Waals surface area contributed by atoms with E-state index in [2.05, 4.69) is 79.0 Å². The van der Waals surface area contributed by atoms with Crippen LogP contribution in [-0.4, -0.2) is 91.6 Å². The Labute approximate surface area is 409 Å². The molecule has 0 aromatic rings. The summed E-state index contributed by atoms with van der Waals surface area (Å²) in [6, 6.07) is 0. The van der Waals surface area contributed by atoms with E-state index in [0.717, 1.165) is 25.7 Å². The molecule has 0 aromatic heterocycles. The number of esters is 2. The van der Waals surface area contributed by atoms with Crippen LogP contribution in [-0.2, 0) is 19.1 Å². The maximum Gasteiger partial charge on any atom is 0.305 e. The Balaban J connectivity index is 1.69. The lowest BCUT2D eigenvalue weighted by Gasteiger charge is -2.66. The van der Waals surface area contributed by atoms with Crippen molar-refractivity contribution in [3.63, 3.8) is 0 Å². The lowest BCUT2D eigenvalue weighted by atomic mass is 9.57. The second-order valence-corrected chi connectivity index (χ2v) is 24.2. The van der Waals surface area contributed by atoms with Gasteiger partial charge in [-0.1, -0.05) is 194 Å². The summed E-state index contributed by atoms with van der Waals surface area (Å²) in [6.45, 7) is 23.6. The third kappa shape index (κ3) is 23.1. The summed E-state index contributed by atoms with van der Waals surface area (Å²) in [5.74, 6) is -0.233. The zero-order valence-corrected chi connectivity index (χ0v) is 45.7. The molecule has 0 amide bonds. The average Bonchev–Trinajstić information content (AvgIpc) is 3.21. The summed E-state index contributed by atoms with van der Waals surface area (Å²) >= 11 is 0. The van der Waals surface area contributed by atoms with Crippen LogP contribution in [0.1, 0.15) is 300 Å². The van der Waals surface area contributed by atoms with Crippen LogP contribution in [0.25, 0.3) is 0 Å². The first-order valence-corrected chi connectivity index (χ1v) is 28.6. The largest absolute Gasteiger partial charge is 0.464 e. The van der Waals surface area contributed by atoms with E-state index in [-0.39, 0.29) is 11.9 Å². The summed E-state index contributed by atoms with van der Waals surface area (Å²) < 4.78 is 11.6. The van der Waals surface area contributed by atoms with Gasteiger partial charge in [-0.05, 0) is 93.9 Å². The molecule has 2 aliphatic heterocycles. The van der Waals surface area contributed by atoms with Crippen LogP contribution in [0.2, 0.25) is 0 Å². The van der Waals surface area contributed by atoms with E-state index >= 15 is 0 Å². The minimum absolute atomic E-state index is 0.116. The van der Waals surface area contributed by atoms with Crippen LogP contribution in [0.15, 0.2) is 0 Å². The monoisotopic (exact) mass is 933 g/mol. The third-order valence-electron chi connectivity index (χ3n) is 15.8. The highest BCUT2D eigenvalue weighted by molar-refractivity contribution is 5.69. The number of rotatable bonds is 39. The van der Waals surface area contributed by atoms with Crippen molar-refractivity contribution in [1.82, 2.24) is 9.80 Å². The zero-order chi connectivity index (χ0) is 49.0. The summed E-state index contributed by atoms with van der Waals surface area (Å²) in [5, 5.41) is 25.4. The molecule has 390 valence electrons. The second kappa shape index (κ2) is 31.9. The van der Waals surface area contributed by atoms with Crippen molar-refractivity contribution in [2.75, 3.05) is 26.3 Å². The van der Waals surface area contributed by atoms with Crippen molar-refractivity contribution in [2.45, 2.75) is 334 Å². The van der Waals surface area contributed by atoms with Crippen molar-refractivity contribution < 1.29 is 29.3 Å². The molecule has 0 aromatic carbocycles. The summed E-state index contributed by atoms with van der Waals surface area (Å²) in [6.07, 6.45) is 41.7. The van der Waals surface area contributed by atoms with Gasteiger partial charge in [-0.3, -0.25) is 19.4 Å². The van der Waals surface area contributed by atoms with Gasteiger partial charge < -0.3 is 19.7 Å². The van der Waals surface area contributed by atoms with Gasteiger partial charge in [0.05, 0.1) is 11.2 Å². The van der Waals surface area contributed by atoms with E-state index in [1.54, 1.807) is 0 Å². The lowest BCUT2D eigenvalue weighted by molar-refractivity contribution is -0.263. The number of hydrogen-bond acceptors (Lipinski definition) is 8. The average molecular weight is 934 g/mol. The molecular formula is C58H112N2O6. The van der Waals surface area contributed by atoms with Gasteiger partial charge in [0.2, 0.25) is 0 Å². The number of aliphatic hydroxyl groups is 2. The zero-order valence-electron chi connectivity index (χ0n) is 45.7. The molecule has 0 radical (unpaired) electrons. The number of piperidine rings is 2. The number of likely N-dealkylation sites (tertiary alicyclic amines) is 2. The minimum Gasteiger partial charge on any atom is -0.464 e. The van der Waals surface area contributed by atoms with Gasteiger partial charge in [0.25, 0.3) is 0 Å². The molecule has 0 bridgehead atoms. The second-order valence-electron chi connectivity index (χ2n) is 24.2. The Kier molecular flexibility index (Phi) is 29.4. The smallest absolute Gasteiger partial charge is 0.305 e. The number of unbranched alkanes of at least 4 members (excludes halogenated alkanes) is 28. The molecule has 2 heterocycles. The number of carbonyl (C=O) groups is 2. The quantitative estimate of drug-likeness (QED) is 0.0464. The number of ether oxygens (including phenoxy) is 2. The van der Waals surface area contributed by atoms with E-state index < -0.39 is 33.4 Å². The molecule has 0 spiro atoms. The molecule has 8 heteroatoms. The van der Waals surface area contributed by atoms with Crippen molar-refractivity contribution in [3.05, 3.63) is 0 Å². The molecule has 0 atom stereocenters. The van der Waals surface area contributed by atoms with Crippen LogP contribution in [0.4, 0.5) is 0 Å². The van der Waals surface area contributed by atoms with Crippen LogP contribution in [0.3, 0.4) is 0 Å². The molecule has 8 nitrogen and oxygen atoms in total.